The van der Waals surface area contributed by atoms with Crippen LogP contribution in [-0.2, 0) is 27.6 Å². The van der Waals surface area contributed by atoms with Crippen LogP contribution in [0.3, 0.4) is 0 Å². The van der Waals surface area contributed by atoms with E-state index < -0.39 is 35.1 Å². The van der Waals surface area contributed by atoms with E-state index in [2.05, 4.69) is 10.1 Å². The van der Waals surface area contributed by atoms with Gasteiger partial charge in [-0.1, -0.05) is 42.5 Å². The molecule has 4 rings (SSSR count). The van der Waals surface area contributed by atoms with E-state index in [1.807, 2.05) is 30.3 Å². The van der Waals surface area contributed by atoms with E-state index in [1.165, 1.54) is 47.9 Å². The molecule has 2 aromatic heterocycles. The van der Waals surface area contributed by atoms with Crippen molar-refractivity contribution in [3.8, 4) is 11.1 Å². The summed E-state index contributed by atoms with van der Waals surface area (Å²) in [5.74, 6) is -1.56. The number of hydrogen-bond acceptors (Lipinski definition) is 4. The Morgan fingerprint density at radius 3 is 2.30 bits per heavy atom. The average molecular weight is 511 g/mol. The van der Waals surface area contributed by atoms with Gasteiger partial charge in [-0.3, -0.25) is 4.79 Å². The zero-order valence-electron chi connectivity index (χ0n) is 20.4. The molecule has 2 heterocycles. The Morgan fingerprint density at radius 2 is 1.70 bits per heavy atom. The number of benzene rings is 2. The van der Waals surface area contributed by atoms with Gasteiger partial charge in [-0.2, -0.15) is 18.3 Å². The van der Waals surface area contributed by atoms with Crippen molar-refractivity contribution in [1.82, 2.24) is 19.5 Å². The number of hydrogen-bond donors (Lipinski definition) is 1. The van der Waals surface area contributed by atoms with Gasteiger partial charge >= 0.3 is 12.1 Å². The van der Waals surface area contributed by atoms with E-state index >= 15 is 0 Å². The number of likely N-dealkylation sites (N-methyl/N-ethyl adjacent to an activating group) is 1. The number of halogens is 3. The molecule has 10 heteroatoms. The minimum absolute atomic E-state index is 0.248. The van der Waals surface area contributed by atoms with Crippen molar-refractivity contribution >= 4 is 17.5 Å². The van der Waals surface area contributed by atoms with Gasteiger partial charge in [0.1, 0.15) is 6.04 Å². The second-order valence-corrected chi connectivity index (χ2v) is 9.12. The van der Waals surface area contributed by atoms with Crippen molar-refractivity contribution in [3.05, 3.63) is 89.9 Å². The third-order valence-corrected chi connectivity index (χ3v) is 6.62. The van der Waals surface area contributed by atoms with Gasteiger partial charge in [-0.15, -0.1) is 0 Å². The molecule has 2 aromatic carbocycles. The predicted octanol–water partition coefficient (Wildman–Crippen LogP) is 4.85. The molecule has 0 saturated heterocycles. The number of aliphatic carboxylic acids is 1. The second-order valence-electron chi connectivity index (χ2n) is 9.12. The summed E-state index contributed by atoms with van der Waals surface area (Å²) in [5, 5.41) is 13.9. The van der Waals surface area contributed by atoms with Gasteiger partial charge < -0.3 is 10.0 Å². The molecule has 0 radical (unpaired) electrons. The van der Waals surface area contributed by atoms with Crippen LogP contribution in [0.2, 0.25) is 0 Å². The van der Waals surface area contributed by atoms with Gasteiger partial charge in [0.2, 0.25) is 5.91 Å². The van der Waals surface area contributed by atoms with Gasteiger partial charge in [-0.25, -0.2) is 14.3 Å². The van der Waals surface area contributed by atoms with Crippen molar-refractivity contribution < 1.29 is 27.9 Å². The highest BCUT2D eigenvalue weighted by Gasteiger charge is 2.42. The van der Waals surface area contributed by atoms with Crippen molar-refractivity contribution in [2.45, 2.75) is 37.9 Å². The third-order valence-electron chi connectivity index (χ3n) is 6.62. The van der Waals surface area contributed by atoms with Crippen LogP contribution in [0, 0.1) is 0 Å². The summed E-state index contributed by atoms with van der Waals surface area (Å²) in [7, 11) is 1.44. The Kier molecular flexibility index (Phi) is 6.77. The number of fused-ring (bicyclic) bond motifs is 1. The van der Waals surface area contributed by atoms with Crippen LogP contribution >= 0.6 is 0 Å². The standard InChI is InChI=1S/C27H25F3N4O3/c1-17(24(35)36)33(3)25(37)26(2,15-18-7-5-4-6-8-18)22-13-14-31-23-21(16-32-34(22)23)19-9-11-20(12-10-19)27(28,29)30/h4-14,16-17H,15H2,1-3H3,(H,35,36)/t17?,26-/m0/s1. The van der Waals surface area contributed by atoms with Crippen molar-refractivity contribution in [2.75, 3.05) is 7.05 Å². The molecule has 192 valence electrons. The zero-order valence-corrected chi connectivity index (χ0v) is 20.4. The first-order chi connectivity index (χ1) is 17.4. The Labute approximate surface area is 211 Å². The van der Waals surface area contributed by atoms with Crippen LogP contribution in [0.15, 0.2) is 73.1 Å². The Morgan fingerprint density at radius 1 is 1.05 bits per heavy atom. The van der Waals surface area contributed by atoms with E-state index in [-0.39, 0.29) is 6.42 Å². The first-order valence-corrected chi connectivity index (χ1v) is 11.5. The lowest BCUT2D eigenvalue weighted by atomic mass is 9.78. The van der Waals surface area contributed by atoms with Gasteiger partial charge in [0.25, 0.3) is 0 Å². The molecule has 2 atom stereocenters. The van der Waals surface area contributed by atoms with E-state index in [0.717, 1.165) is 17.7 Å². The van der Waals surface area contributed by atoms with Crippen molar-refractivity contribution in [1.29, 1.82) is 0 Å². The number of nitrogens with zero attached hydrogens (tertiary/aromatic N) is 4. The molecule has 0 saturated carbocycles. The lowest BCUT2D eigenvalue weighted by molar-refractivity contribution is -0.150. The number of carboxylic acids is 1. The monoisotopic (exact) mass is 510 g/mol. The van der Waals surface area contributed by atoms with Crippen LogP contribution in [0.5, 0.6) is 0 Å². The Bertz CT molecular complexity index is 1440. The highest BCUT2D eigenvalue weighted by molar-refractivity contribution is 5.91. The third kappa shape index (κ3) is 4.91. The summed E-state index contributed by atoms with van der Waals surface area (Å²) in [6.07, 6.45) is -1.20. The van der Waals surface area contributed by atoms with Gasteiger partial charge in [0.15, 0.2) is 5.65 Å². The minimum atomic E-state index is -4.45. The maximum atomic E-state index is 13.9. The van der Waals surface area contributed by atoms with E-state index in [0.29, 0.717) is 22.5 Å². The van der Waals surface area contributed by atoms with Crippen LogP contribution in [0.4, 0.5) is 13.2 Å². The van der Waals surface area contributed by atoms with E-state index in [4.69, 9.17) is 0 Å². The lowest BCUT2D eigenvalue weighted by Gasteiger charge is -2.35. The van der Waals surface area contributed by atoms with Gasteiger partial charge in [0.05, 0.1) is 22.9 Å². The molecule has 37 heavy (non-hydrogen) atoms. The molecule has 1 N–H and O–H groups in total. The minimum Gasteiger partial charge on any atom is -0.480 e. The van der Waals surface area contributed by atoms with Crippen LogP contribution in [0.25, 0.3) is 16.8 Å². The topological polar surface area (TPSA) is 87.8 Å². The summed E-state index contributed by atoms with van der Waals surface area (Å²) in [6, 6.07) is 14.6. The molecular weight excluding hydrogens is 485 g/mol. The smallest absolute Gasteiger partial charge is 0.416 e. The Balaban J connectivity index is 1.84. The van der Waals surface area contributed by atoms with E-state index in [1.54, 1.807) is 13.0 Å². The molecular formula is C27H25F3N4O3. The normalized spacial score (nSPS) is 14.2. The van der Waals surface area contributed by atoms with Gasteiger partial charge in [0, 0.05) is 18.8 Å². The van der Waals surface area contributed by atoms with Crippen molar-refractivity contribution in [3.63, 3.8) is 0 Å². The number of carbonyl (C=O) groups is 2. The quantitative estimate of drug-likeness (QED) is 0.384. The highest BCUT2D eigenvalue weighted by atomic mass is 19.4. The molecule has 1 amide bonds. The molecule has 7 nitrogen and oxygen atoms in total. The number of rotatable bonds is 7. The first-order valence-electron chi connectivity index (χ1n) is 11.5. The van der Waals surface area contributed by atoms with Gasteiger partial charge in [-0.05, 0) is 49.6 Å². The summed E-state index contributed by atoms with van der Waals surface area (Å²) < 4.78 is 40.6. The largest absolute Gasteiger partial charge is 0.480 e. The van der Waals surface area contributed by atoms with E-state index in [9.17, 15) is 27.9 Å². The first kappa shape index (κ1) is 25.9. The molecule has 0 bridgehead atoms. The zero-order chi connectivity index (χ0) is 27.0. The fraction of sp³-hybridized carbons (Fsp3) is 0.259. The number of amides is 1. The van der Waals surface area contributed by atoms with Crippen LogP contribution in [0.1, 0.15) is 30.7 Å². The summed E-state index contributed by atoms with van der Waals surface area (Å²) in [6.45, 7) is 3.16. The molecule has 4 aromatic rings. The second kappa shape index (κ2) is 9.68. The molecule has 1 unspecified atom stereocenters. The number of carbonyl (C=O) groups excluding carboxylic acids is 1. The molecule has 0 aliphatic heterocycles. The maximum absolute atomic E-state index is 13.9. The van der Waals surface area contributed by atoms with Crippen molar-refractivity contribution in [2.24, 2.45) is 0 Å². The molecule has 0 aliphatic rings. The molecule has 0 spiro atoms. The SMILES string of the molecule is CC(C(=O)O)N(C)C(=O)[C@@](C)(Cc1ccccc1)c1ccnc2c(-c3ccc(C(F)(F)F)cc3)cnn12. The lowest BCUT2D eigenvalue weighted by Crippen LogP contribution is -2.51. The fourth-order valence-electron chi connectivity index (χ4n) is 4.36. The predicted molar refractivity (Wildman–Crippen MR) is 131 cm³/mol. The fourth-order valence-corrected chi connectivity index (χ4v) is 4.36. The average Bonchev–Trinajstić information content (AvgIpc) is 3.31. The number of alkyl halides is 3. The van der Waals surface area contributed by atoms with Crippen LogP contribution < -0.4 is 0 Å². The molecule has 0 fully saturated rings. The summed E-state index contributed by atoms with van der Waals surface area (Å²) in [4.78, 5) is 31.1. The number of aromatic nitrogens is 3. The van der Waals surface area contributed by atoms with Crippen LogP contribution in [-0.4, -0.2) is 49.6 Å². The Hall–Kier alpha value is -4.21. The highest BCUT2D eigenvalue weighted by Crippen LogP contribution is 2.35. The summed E-state index contributed by atoms with van der Waals surface area (Å²) >= 11 is 0. The maximum Gasteiger partial charge on any atom is 0.416 e. The summed E-state index contributed by atoms with van der Waals surface area (Å²) in [5.41, 5.74) is 0.655. The molecule has 0 aliphatic carbocycles. The number of carboxylic acid groups (broad SMARTS) is 1.